The Balaban J connectivity index is 2.01. The lowest BCUT2D eigenvalue weighted by molar-refractivity contribution is -0.130. The molecule has 0 saturated heterocycles. The number of rotatable bonds is 7. The van der Waals surface area contributed by atoms with Crippen molar-refractivity contribution in [1.82, 2.24) is 10.6 Å². The summed E-state index contributed by atoms with van der Waals surface area (Å²) in [5, 5.41) is 6.12. The normalized spacial score (nSPS) is 11.7. The summed E-state index contributed by atoms with van der Waals surface area (Å²) in [6.45, 7) is 3.54. The van der Waals surface area contributed by atoms with E-state index < -0.39 is 6.04 Å². The Hall–Kier alpha value is -2.53. The molecule has 0 heterocycles. The average molecular weight is 361 g/mol. The molecule has 25 heavy (non-hydrogen) atoms. The van der Waals surface area contributed by atoms with E-state index in [0.29, 0.717) is 16.3 Å². The second-order valence-electron chi connectivity index (χ2n) is 5.82. The highest BCUT2D eigenvalue weighted by Gasteiger charge is 2.23. The first kappa shape index (κ1) is 18.8. The van der Waals surface area contributed by atoms with Crippen molar-refractivity contribution in [2.45, 2.75) is 25.9 Å². The Bertz CT molecular complexity index is 702. The maximum absolute atomic E-state index is 12.4. The van der Waals surface area contributed by atoms with Gasteiger partial charge in [0.1, 0.15) is 11.8 Å². The van der Waals surface area contributed by atoms with E-state index in [1.807, 2.05) is 32.0 Å². The fourth-order valence-electron chi connectivity index (χ4n) is 2.20. The van der Waals surface area contributed by atoms with Crippen LogP contribution in [-0.4, -0.2) is 24.5 Å². The van der Waals surface area contributed by atoms with Crippen LogP contribution in [0.25, 0.3) is 0 Å². The Kier molecular flexibility index (Phi) is 6.83. The van der Waals surface area contributed by atoms with E-state index in [1.54, 1.807) is 36.4 Å². The van der Waals surface area contributed by atoms with Crippen LogP contribution < -0.4 is 15.4 Å². The van der Waals surface area contributed by atoms with E-state index in [-0.39, 0.29) is 24.5 Å². The van der Waals surface area contributed by atoms with E-state index in [2.05, 4.69) is 10.6 Å². The zero-order chi connectivity index (χ0) is 18.2. The number of benzene rings is 2. The number of amides is 2. The minimum absolute atomic E-state index is 0.0269. The van der Waals surface area contributed by atoms with Crippen molar-refractivity contribution in [2.75, 3.05) is 6.61 Å². The predicted octanol–water partition coefficient (Wildman–Crippen LogP) is 3.10. The van der Waals surface area contributed by atoms with Crippen LogP contribution in [0, 0.1) is 0 Å². The van der Waals surface area contributed by atoms with Gasteiger partial charge in [0.2, 0.25) is 5.91 Å². The minimum Gasteiger partial charge on any atom is -0.484 e. The monoisotopic (exact) mass is 360 g/mol. The molecular formula is C19H21ClN2O3. The van der Waals surface area contributed by atoms with Gasteiger partial charge in [0, 0.05) is 11.1 Å². The summed E-state index contributed by atoms with van der Waals surface area (Å²) >= 11 is 5.81. The van der Waals surface area contributed by atoms with Gasteiger partial charge < -0.3 is 15.4 Å². The van der Waals surface area contributed by atoms with Crippen LogP contribution in [0.5, 0.6) is 5.75 Å². The molecule has 0 spiro atoms. The third-order valence-electron chi connectivity index (χ3n) is 3.31. The quantitative estimate of drug-likeness (QED) is 0.797. The highest BCUT2D eigenvalue weighted by atomic mass is 35.5. The van der Waals surface area contributed by atoms with Crippen LogP contribution in [0.3, 0.4) is 0 Å². The standard InChI is InChI=1S/C19H21ClN2O3/c1-13(2)21-19(24)18(14-6-4-3-5-7-14)22-17(23)12-25-16-10-8-15(20)9-11-16/h3-11,13,18H,12H2,1-2H3,(H,21,24)(H,22,23)/t18-/m0/s1. The highest BCUT2D eigenvalue weighted by molar-refractivity contribution is 6.30. The van der Waals surface area contributed by atoms with Crippen LogP contribution in [0.4, 0.5) is 0 Å². The van der Waals surface area contributed by atoms with Gasteiger partial charge in [-0.15, -0.1) is 0 Å². The van der Waals surface area contributed by atoms with E-state index in [0.717, 1.165) is 0 Å². The second kappa shape index (κ2) is 9.08. The SMILES string of the molecule is CC(C)NC(=O)[C@@H](NC(=O)COc1ccc(Cl)cc1)c1ccccc1. The zero-order valence-corrected chi connectivity index (χ0v) is 14.9. The molecule has 2 aromatic rings. The molecule has 0 aromatic heterocycles. The van der Waals surface area contributed by atoms with E-state index in [9.17, 15) is 9.59 Å². The summed E-state index contributed by atoms with van der Waals surface area (Å²) in [5.74, 6) is -0.119. The lowest BCUT2D eigenvalue weighted by Gasteiger charge is -2.20. The molecular weight excluding hydrogens is 340 g/mol. The fourth-order valence-corrected chi connectivity index (χ4v) is 2.32. The van der Waals surface area contributed by atoms with Crippen molar-refractivity contribution in [2.24, 2.45) is 0 Å². The van der Waals surface area contributed by atoms with Gasteiger partial charge in [0.15, 0.2) is 6.61 Å². The molecule has 1 atom stereocenters. The summed E-state index contributed by atoms with van der Waals surface area (Å²) < 4.78 is 5.42. The van der Waals surface area contributed by atoms with E-state index >= 15 is 0 Å². The predicted molar refractivity (Wildman–Crippen MR) is 97.6 cm³/mol. The topological polar surface area (TPSA) is 67.4 Å². The molecule has 0 bridgehead atoms. The zero-order valence-electron chi connectivity index (χ0n) is 14.2. The Morgan fingerprint density at radius 2 is 1.64 bits per heavy atom. The summed E-state index contributed by atoms with van der Waals surface area (Å²) in [5.41, 5.74) is 0.709. The number of carbonyl (C=O) groups excluding carboxylic acids is 2. The largest absolute Gasteiger partial charge is 0.484 e. The van der Waals surface area contributed by atoms with Crippen molar-refractivity contribution in [3.8, 4) is 5.75 Å². The number of hydrogen-bond acceptors (Lipinski definition) is 3. The lowest BCUT2D eigenvalue weighted by atomic mass is 10.1. The van der Waals surface area contributed by atoms with Gasteiger partial charge >= 0.3 is 0 Å². The first-order chi connectivity index (χ1) is 12.0. The van der Waals surface area contributed by atoms with Gasteiger partial charge in [-0.2, -0.15) is 0 Å². The summed E-state index contributed by atoms with van der Waals surface area (Å²) in [6.07, 6.45) is 0. The maximum atomic E-state index is 12.4. The van der Waals surface area contributed by atoms with Crippen molar-refractivity contribution < 1.29 is 14.3 Å². The van der Waals surface area contributed by atoms with Crippen molar-refractivity contribution in [3.05, 3.63) is 65.2 Å². The first-order valence-electron chi connectivity index (χ1n) is 7.99. The molecule has 5 nitrogen and oxygen atoms in total. The Morgan fingerprint density at radius 3 is 2.24 bits per heavy atom. The van der Waals surface area contributed by atoms with Crippen molar-refractivity contribution in [1.29, 1.82) is 0 Å². The van der Waals surface area contributed by atoms with Gasteiger partial charge in [-0.25, -0.2) is 0 Å². The Labute approximate surface area is 152 Å². The molecule has 0 saturated carbocycles. The fraction of sp³-hybridized carbons (Fsp3) is 0.263. The summed E-state index contributed by atoms with van der Waals surface area (Å²) in [6, 6.07) is 15.0. The number of hydrogen-bond donors (Lipinski definition) is 2. The number of halogens is 1. The highest BCUT2D eigenvalue weighted by Crippen LogP contribution is 2.16. The number of nitrogens with one attached hydrogen (secondary N) is 2. The van der Waals surface area contributed by atoms with Gasteiger partial charge in [0.25, 0.3) is 5.91 Å². The van der Waals surface area contributed by atoms with Gasteiger partial charge in [0.05, 0.1) is 0 Å². The molecule has 0 aliphatic carbocycles. The van der Waals surface area contributed by atoms with Crippen LogP contribution in [0.15, 0.2) is 54.6 Å². The molecule has 2 N–H and O–H groups in total. The average Bonchev–Trinajstić information content (AvgIpc) is 2.59. The molecule has 0 unspecified atom stereocenters. The molecule has 0 aliphatic rings. The van der Waals surface area contributed by atoms with Crippen molar-refractivity contribution in [3.63, 3.8) is 0 Å². The molecule has 2 rings (SSSR count). The molecule has 0 aliphatic heterocycles. The molecule has 6 heteroatoms. The van der Waals surface area contributed by atoms with Crippen LogP contribution in [-0.2, 0) is 9.59 Å². The second-order valence-corrected chi connectivity index (χ2v) is 6.25. The Morgan fingerprint density at radius 1 is 1.00 bits per heavy atom. The summed E-state index contributed by atoms with van der Waals surface area (Å²) in [4.78, 5) is 24.6. The number of carbonyl (C=O) groups is 2. The third kappa shape index (κ3) is 6.12. The molecule has 2 aromatic carbocycles. The van der Waals surface area contributed by atoms with Crippen molar-refractivity contribution >= 4 is 23.4 Å². The van der Waals surface area contributed by atoms with Crippen LogP contribution >= 0.6 is 11.6 Å². The lowest BCUT2D eigenvalue weighted by Crippen LogP contribution is -2.44. The van der Waals surface area contributed by atoms with Crippen LogP contribution in [0.1, 0.15) is 25.5 Å². The van der Waals surface area contributed by atoms with E-state index in [1.165, 1.54) is 0 Å². The van der Waals surface area contributed by atoms with E-state index in [4.69, 9.17) is 16.3 Å². The third-order valence-corrected chi connectivity index (χ3v) is 3.57. The molecule has 132 valence electrons. The first-order valence-corrected chi connectivity index (χ1v) is 8.36. The molecule has 0 radical (unpaired) electrons. The van der Waals surface area contributed by atoms with Gasteiger partial charge in [-0.3, -0.25) is 9.59 Å². The van der Waals surface area contributed by atoms with Gasteiger partial charge in [-0.05, 0) is 43.7 Å². The van der Waals surface area contributed by atoms with Crippen LogP contribution in [0.2, 0.25) is 5.02 Å². The smallest absolute Gasteiger partial charge is 0.258 e. The van der Waals surface area contributed by atoms with Gasteiger partial charge in [-0.1, -0.05) is 41.9 Å². The summed E-state index contributed by atoms with van der Waals surface area (Å²) in [7, 11) is 0. The maximum Gasteiger partial charge on any atom is 0.258 e. The minimum atomic E-state index is -0.773. The molecule has 0 fully saturated rings. The molecule has 2 amide bonds. The number of ether oxygens (including phenoxy) is 1.